The highest BCUT2D eigenvalue weighted by atomic mass is 35.5. The van der Waals surface area contributed by atoms with Gasteiger partial charge in [-0.25, -0.2) is 0 Å². The summed E-state index contributed by atoms with van der Waals surface area (Å²) >= 11 is 70.8. The topological polar surface area (TPSA) is 483 Å². The second-order valence-electron chi connectivity index (χ2n) is 30.4. The predicted octanol–water partition coefficient (Wildman–Crippen LogP) is 25.8. The van der Waals surface area contributed by atoms with Crippen LogP contribution in [0.15, 0.2) is 249 Å². The van der Waals surface area contributed by atoms with Gasteiger partial charge in [0.15, 0.2) is 76.0 Å². The van der Waals surface area contributed by atoms with Gasteiger partial charge in [0, 0.05) is 102 Å². The summed E-state index contributed by atoms with van der Waals surface area (Å²) in [5.74, 6) is -2.05. The number of nitro benzene ring substituents is 4. The zero-order valence-electron chi connectivity index (χ0n) is 76.4. The molecule has 1 aliphatic rings. The number of anilines is 9. The Kier molecular flexibility index (Phi) is 49.5. The quantitative estimate of drug-likeness (QED) is 0.00830. The van der Waals surface area contributed by atoms with E-state index in [1.54, 1.807) is 24.3 Å². The van der Waals surface area contributed by atoms with E-state index in [1.165, 1.54) is 128 Å². The lowest BCUT2D eigenvalue weighted by Crippen LogP contribution is -2.38. The number of halogens is 9. The molecule has 1 aliphatic carbocycles. The number of nitrogens with one attached hydrogen (secondary N) is 14. The molecule has 0 unspecified atom stereocenters. The SMILES string of the molecule is CCCCCNC(=S)Nc1ccc(O)c([N+](=O)[O-])c1.Cc1ccccc1CNC(=S)Nc1ccc(O)c([N+](=O)[O-])c1.O=[N+]([O-])c1cc(NC(=S)NCCc2ccccc2)ccc1O.O=[N+]([O-])c1cc(NC(=S)NCc2ccccc2)ccc1O.Oc1c(Cl)cc(NC(=S)NC2CCCCC2)cc1Cl.Oc1c(Cl)cc(NC(=S)Nc2ccccc2)cc1Cl.Oc1c(Cl)cc(NC(=S)Nc2ccccc2C(F)(F)F)cc1Cl. The van der Waals surface area contributed by atoms with Gasteiger partial charge in [-0.3, -0.25) is 40.5 Å². The van der Waals surface area contributed by atoms with Gasteiger partial charge in [0.25, 0.3) is 0 Å². The molecule has 21 N–H and O–H groups in total. The van der Waals surface area contributed by atoms with E-state index >= 15 is 0 Å². The van der Waals surface area contributed by atoms with E-state index in [0.717, 1.165) is 73.5 Å². The molecule has 0 spiro atoms. The Labute approximate surface area is 898 Å². The first-order valence-electron chi connectivity index (χ1n) is 43.1. The molecule has 0 amide bonds. The highest BCUT2D eigenvalue weighted by Gasteiger charge is 2.34. The van der Waals surface area contributed by atoms with Crippen molar-refractivity contribution in [1.29, 1.82) is 0 Å². The van der Waals surface area contributed by atoms with Crippen LogP contribution in [0.5, 0.6) is 40.2 Å². The van der Waals surface area contributed by atoms with Gasteiger partial charge in [0.05, 0.1) is 61.1 Å². The third-order valence-electron chi connectivity index (χ3n) is 19.6. The van der Waals surface area contributed by atoms with E-state index in [0.29, 0.717) is 96.2 Å². The number of alkyl halides is 3. The lowest BCUT2D eigenvalue weighted by Gasteiger charge is -2.24. The van der Waals surface area contributed by atoms with Crippen LogP contribution < -0.4 is 74.4 Å². The second kappa shape index (κ2) is 60.7. The number of rotatable bonds is 25. The molecule has 1 saturated carbocycles. The van der Waals surface area contributed by atoms with Gasteiger partial charge >= 0.3 is 28.9 Å². The molecule has 13 rings (SSSR count). The van der Waals surface area contributed by atoms with Gasteiger partial charge < -0.3 is 110 Å². The molecule has 0 atom stereocenters. The standard InChI is InChI=1S/2C15H15N3O3S.C14H9Cl2F3N2OS.C14H13N3O3S.C13H16Cl2N2OS.C13H10Cl2N2OS.C12H17N3O3S/c1-10-4-2-3-5-11(10)9-16-15(22)17-12-6-7-14(19)13(8-12)18(20)21;19-14-7-6-12(10-13(14)18(20)21)17-15(22)16-9-8-11-4-2-1-3-5-11;15-9-5-7(6-10(16)12(9)22)20-13(23)21-11-4-2-1-3-8(11)14(17,18)19;18-13-7-6-11(8-12(13)17(19)20)16-14(21)15-9-10-4-2-1-3-5-10;2*14-10-6-9(7-11(15)12(10)18)17-13(19)16-8-4-2-1-3-5-8;1-2-3-4-7-13-12(19)14-9-5-6-11(16)10(8-9)15(17)18/h2-8,19H,9H2,1H3,(H2,16,17,22);1-7,10,19H,8-9H2,(H2,16,17,22);1-6,22H,(H2,20,21,23);1-8,18H,9H2,(H2,15,16,21);6-8,18H,1-5H2,(H2,16,17,19);1-7,18H,(H2,16,17,19);5-6,8,16H,2-4,7H2,1H3,(H2,13,14,19). The van der Waals surface area contributed by atoms with Gasteiger partial charge in [-0.05, 0) is 250 Å². The Bertz CT molecular complexity index is 6450. The lowest BCUT2D eigenvalue weighted by molar-refractivity contribution is -0.385. The van der Waals surface area contributed by atoms with Gasteiger partial charge in [0.2, 0.25) is 0 Å². The molecular formula is C96H95Cl6F3N18O15S7. The third kappa shape index (κ3) is 42.6. The minimum Gasteiger partial charge on any atom is -0.505 e. The van der Waals surface area contributed by atoms with Crippen LogP contribution in [0.1, 0.15) is 86.1 Å². The second-order valence-corrected chi connectivity index (χ2v) is 35.7. The van der Waals surface area contributed by atoms with Gasteiger partial charge in [-0.2, -0.15) is 13.2 Å². The molecule has 0 aliphatic heterocycles. The Morgan fingerprint density at radius 1 is 0.352 bits per heavy atom. The monoisotopic (exact) mass is 2230 g/mol. The smallest absolute Gasteiger partial charge is 0.418 e. The van der Waals surface area contributed by atoms with Crippen molar-refractivity contribution in [2.75, 3.05) is 60.9 Å². The Morgan fingerprint density at radius 2 is 0.676 bits per heavy atom. The molecule has 0 heterocycles. The largest absolute Gasteiger partial charge is 0.505 e. The van der Waals surface area contributed by atoms with E-state index in [1.807, 2.05) is 122 Å². The van der Waals surface area contributed by atoms with E-state index in [-0.39, 0.29) is 104 Å². The fraction of sp³-hybridized carbons (Fsp3) is 0.177. The minimum absolute atomic E-state index is 0.0153. The van der Waals surface area contributed by atoms with Gasteiger partial charge in [-0.15, -0.1) is 0 Å². The summed E-state index contributed by atoms with van der Waals surface area (Å²) in [7, 11) is 0. The van der Waals surface area contributed by atoms with Crippen LogP contribution in [0.4, 0.5) is 87.1 Å². The van der Waals surface area contributed by atoms with Crippen LogP contribution in [-0.2, 0) is 25.7 Å². The van der Waals surface area contributed by atoms with E-state index < -0.39 is 31.4 Å². The molecule has 145 heavy (non-hydrogen) atoms. The van der Waals surface area contributed by atoms with Crippen LogP contribution in [0.25, 0.3) is 0 Å². The van der Waals surface area contributed by atoms with Crippen molar-refractivity contribution in [2.24, 2.45) is 0 Å². The van der Waals surface area contributed by atoms with Crippen molar-refractivity contribution >= 4 is 265 Å². The lowest BCUT2D eigenvalue weighted by atomic mass is 9.96. The molecule has 49 heteroatoms. The molecule has 0 bridgehead atoms. The molecule has 1 fully saturated rings. The first-order valence-corrected chi connectivity index (χ1v) is 48.3. The van der Waals surface area contributed by atoms with Crippen molar-refractivity contribution in [3.8, 4) is 40.2 Å². The van der Waals surface area contributed by atoms with E-state index in [2.05, 4.69) is 81.4 Å². The summed E-state index contributed by atoms with van der Waals surface area (Å²) in [5, 5.41) is 153. The Morgan fingerprint density at radius 3 is 1.06 bits per heavy atom. The molecule has 764 valence electrons. The number of aromatic hydroxyl groups is 7. The third-order valence-corrected chi connectivity index (χ3v) is 22.9. The van der Waals surface area contributed by atoms with Crippen LogP contribution in [0.3, 0.4) is 0 Å². The Hall–Kier alpha value is -13.8. The number of benzene rings is 12. The number of aryl methyl sites for hydroxylation is 1. The van der Waals surface area contributed by atoms with Crippen LogP contribution in [0.2, 0.25) is 30.1 Å². The zero-order chi connectivity index (χ0) is 106. The molecule has 0 aromatic heterocycles. The minimum atomic E-state index is -4.51. The summed E-state index contributed by atoms with van der Waals surface area (Å²) in [6.07, 6.45) is 5.69. The molecule has 33 nitrogen and oxygen atoms in total. The number of nitro groups is 4. The van der Waals surface area contributed by atoms with Gasteiger partial charge in [-0.1, -0.05) is 224 Å². The number of phenolic OH excluding ortho intramolecular Hbond substituents is 7. The molecule has 12 aromatic carbocycles. The van der Waals surface area contributed by atoms with Crippen molar-refractivity contribution < 1.29 is 68.6 Å². The van der Waals surface area contributed by atoms with E-state index in [4.69, 9.17) is 155 Å². The highest BCUT2D eigenvalue weighted by Crippen LogP contribution is 2.40. The number of hydrogen-bond acceptors (Lipinski definition) is 22. The number of phenols is 7. The first-order chi connectivity index (χ1) is 68.9. The fourth-order valence-electron chi connectivity index (χ4n) is 12.4. The number of hydrogen-bond donors (Lipinski definition) is 21. The van der Waals surface area contributed by atoms with Crippen molar-refractivity contribution in [3.63, 3.8) is 0 Å². The fourth-order valence-corrected chi connectivity index (χ4v) is 15.5. The highest BCUT2D eigenvalue weighted by molar-refractivity contribution is 7.81. The summed E-state index contributed by atoms with van der Waals surface area (Å²) < 4.78 is 38.7. The molecule has 12 aromatic rings. The normalized spacial score (nSPS) is 11.0. The summed E-state index contributed by atoms with van der Waals surface area (Å²) in [4.78, 5) is 40.4. The van der Waals surface area contributed by atoms with Gasteiger partial charge in [0.1, 0.15) is 0 Å². The summed E-state index contributed by atoms with van der Waals surface area (Å²) in [6.45, 7) is 6.64. The van der Waals surface area contributed by atoms with Crippen LogP contribution >= 0.6 is 155 Å². The molecule has 0 saturated heterocycles. The maximum atomic E-state index is 12.9. The number of thiocarbonyl (C=S) groups is 7. The first kappa shape index (κ1) is 118. The average molecular weight is 2240 g/mol. The van der Waals surface area contributed by atoms with Crippen molar-refractivity contribution in [2.45, 2.75) is 96.9 Å². The predicted molar refractivity (Wildman–Crippen MR) is 599 cm³/mol. The zero-order valence-corrected chi connectivity index (χ0v) is 86.6. The van der Waals surface area contributed by atoms with Crippen molar-refractivity contribution in [1.82, 2.24) is 26.6 Å². The Balaban J connectivity index is 0.000000230. The van der Waals surface area contributed by atoms with E-state index in [9.17, 15) is 89.4 Å². The van der Waals surface area contributed by atoms with Crippen LogP contribution in [0, 0.1) is 47.4 Å². The molecular weight excluding hydrogens is 2140 g/mol. The number of nitrogens with zero attached hydrogens (tertiary/aromatic N) is 4. The number of para-hydroxylation sites is 2. The summed E-state index contributed by atoms with van der Waals surface area (Å²) in [5.41, 5.74) is 6.29. The summed E-state index contributed by atoms with van der Waals surface area (Å²) in [6, 6.07) is 67.5. The van der Waals surface area contributed by atoms with Crippen molar-refractivity contribution in [3.05, 3.63) is 347 Å². The number of unbranched alkanes of at least 4 members (excludes halogenated alkanes) is 2. The maximum Gasteiger partial charge on any atom is 0.418 e. The average Bonchev–Trinajstić information content (AvgIpc) is 0.817. The maximum absolute atomic E-state index is 12.9. The molecule has 0 radical (unpaired) electrons. The van der Waals surface area contributed by atoms with Crippen LogP contribution in [-0.4, -0.2) is 110 Å².